The number of hydrogen-bond donors (Lipinski definition) is 1. The molecule has 1 N–H and O–H groups in total. The molecule has 0 aromatic heterocycles. The van der Waals surface area contributed by atoms with Crippen molar-refractivity contribution in [2.75, 3.05) is 39.6 Å². The third-order valence-corrected chi connectivity index (χ3v) is 3.63. The zero-order valence-corrected chi connectivity index (χ0v) is 11.1. The smallest absolute Gasteiger partial charge is 0.141 e. The number of nitrogens with one attached hydrogen (secondary N) is 1. The van der Waals surface area contributed by atoms with Gasteiger partial charge < -0.3 is 14.5 Å². The number of piperidine rings is 1. The normalized spacial score (nSPS) is 19.9. The van der Waals surface area contributed by atoms with Gasteiger partial charge in [0.05, 0.1) is 40.0 Å². The first kappa shape index (κ1) is 12.2. The number of quaternary nitrogens is 1. The standard InChI is InChI=1S/C14H23N2O/c1-16(2)10-8-12(9-11-16)15-13-6-4-5-7-14(13)17-3/h4-7,12,15H,8-11H2,1-3H3/q+1. The van der Waals surface area contributed by atoms with E-state index >= 15 is 0 Å². The third-order valence-electron chi connectivity index (χ3n) is 3.63. The molecule has 1 heterocycles. The number of methoxy groups -OCH3 is 1. The van der Waals surface area contributed by atoms with E-state index in [2.05, 4.69) is 25.5 Å². The summed E-state index contributed by atoms with van der Waals surface area (Å²) in [6.07, 6.45) is 2.45. The second kappa shape index (κ2) is 4.96. The molecule has 0 radical (unpaired) electrons. The Balaban J connectivity index is 1.98. The van der Waals surface area contributed by atoms with Gasteiger partial charge >= 0.3 is 0 Å². The van der Waals surface area contributed by atoms with Crippen LogP contribution in [0.2, 0.25) is 0 Å². The Kier molecular flexibility index (Phi) is 3.57. The van der Waals surface area contributed by atoms with E-state index in [1.54, 1.807) is 7.11 Å². The molecular weight excluding hydrogens is 212 g/mol. The molecule has 17 heavy (non-hydrogen) atoms. The maximum Gasteiger partial charge on any atom is 0.141 e. The maximum atomic E-state index is 5.36. The molecule has 0 unspecified atom stereocenters. The van der Waals surface area contributed by atoms with Gasteiger partial charge in [0.1, 0.15) is 5.75 Å². The molecular formula is C14H23N2O+. The lowest BCUT2D eigenvalue weighted by Gasteiger charge is -2.37. The van der Waals surface area contributed by atoms with Crippen LogP contribution in [0.5, 0.6) is 5.75 Å². The van der Waals surface area contributed by atoms with Gasteiger partial charge in [-0.3, -0.25) is 0 Å². The van der Waals surface area contributed by atoms with Crippen LogP contribution in [-0.2, 0) is 0 Å². The van der Waals surface area contributed by atoms with E-state index in [-0.39, 0.29) is 0 Å². The van der Waals surface area contributed by atoms with Gasteiger partial charge in [-0.2, -0.15) is 0 Å². The Morgan fingerprint density at radius 1 is 1.18 bits per heavy atom. The van der Waals surface area contributed by atoms with Crippen LogP contribution >= 0.6 is 0 Å². The van der Waals surface area contributed by atoms with E-state index in [1.165, 1.54) is 25.9 Å². The highest BCUT2D eigenvalue weighted by Crippen LogP contribution is 2.26. The zero-order valence-electron chi connectivity index (χ0n) is 11.1. The summed E-state index contributed by atoms with van der Waals surface area (Å²) in [4.78, 5) is 0. The van der Waals surface area contributed by atoms with Crippen molar-refractivity contribution in [3.05, 3.63) is 24.3 Å². The minimum atomic E-state index is 0.581. The number of hydrogen-bond acceptors (Lipinski definition) is 2. The van der Waals surface area contributed by atoms with Crippen molar-refractivity contribution in [3.63, 3.8) is 0 Å². The maximum absolute atomic E-state index is 5.36. The van der Waals surface area contributed by atoms with Crippen LogP contribution in [0.3, 0.4) is 0 Å². The predicted molar refractivity (Wildman–Crippen MR) is 71.5 cm³/mol. The van der Waals surface area contributed by atoms with Crippen LogP contribution in [0.25, 0.3) is 0 Å². The summed E-state index contributed by atoms with van der Waals surface area (Å²) >= 11 is 0. The molecule has 0 spiro atoms. The molecule has 2 rings (SSSR count). The topological polar surface area (TPSA) is 21.3 Å². The van der Waals surface area contributed by atoms with Gasteiger partial charge in [-0.1, -0.05) is 12.1 Å². The van der Waals surface area contributed by atoms with Crippen molar-refractivity contribution < 1.29 is 9.22 Å². The minimum absolute atomic E-state index is 0.581. The Morgan fingerprint density at radius 2 is 1.82 bits per heavy atom. The third kappa shape index (κ3) is 3.13. The fourth-order valence-corrected chi connectivity index (χ4v) is 2.39. The number of rotatable bonds is 3. The van der Waals surface area contributed by atoms with E-state index in [9.17, 15) is 0 Å². The molecule has 0 atom stereocenters. The highest BCUT2D eigenvalue weighted by Gasteiger charge is 2.26. The Bertz CT molecular complexity index is 366. The van der Waals surface area contributed by atoms with E-state index in [0.717, 1.165) is 15.9 Å². The highest BCUT2D eigenvalue weighted by molar-refractivity contribution is 5.56. The van der Waals surface area contributed by atoms with Gasteiger partial charge in [0.25, 0.3) is 0 Å². The second-order valence-electron chi connectivity index (χ2n) is 5.50. The van der Waals surface area contributed by atoms with Gasteiger partial charge in [-0.25, -0.2) is 0 Å². The fraction of sp³-hybridized carbons (Fsp3) is 0.571. The van der Waals surface area contributed by atoms with Gasteiger partial charge in [-0.15, -0.1) is 0 Å². The summed E-state index contributed by atoms with van der Waals surface area (Å²) in [6.45, 7) is 2.49. The van der Waals surface area contributed by atoms with Crippen molar-refractivity contribution in [2.24, 2.45) is 0 Å². The number of anilines is 1. The van der Waals surface area contributed by atoms with Gasteiger partial charge in [0.2, 0.25) is 0 Å². The molecule has 1 aromatic carbocycles. The Labute approximate surface area is 104 Å². The SMILES string of the molecule is COc1ccccc1NC1CC[N+](C)(C)CC1. The van der Waals surface area contributed by atoms with E-state index < -0.39 is 0 Å². The van der Waals surface area contributed by atoms with Crippen LogP contribution < -0.4 is 10.1 Å². The molecule has 1 aliphatic rings. The molecule has 1 aromatic rings. The molecule has 3 nitrogen and oxygen atoms in total. The monoisotopic (exact) mass is 235 g/mol. The van der Waals surface area contributed by atoms with Crippen LogP contribution in [0.1, 0.15) is 12.8 Å². The Hall–Kier alpha value is -1.22. The number of likely N-dealkylation sites (tertiary alicyclic amines) is 1. The first-order valence-corrected chi connectivity index (χ1v) is 6.32. The average Bonchev–Trinajstić information content (AvgIpc) is 2.32. The molecule has 1 fully saturated rings. The molecule has 1 aliphatic heterocycles. The van der Waals surface area contributed by atoms with Gasteiger partial charge in [-0.05, 0) is 12.1 Å². The second-order valence-corrected chi connectivity index (χ2v) is 5.50. The molecule has 94 valence electrons. The van der Waals surface area contributed by atoms with E-state index in [4.69, 9.17) is 4.74 Å². The number of ether oxygens (including phenoxy) is 1. The largest absolute Gasteiger partial charge is 0.495 e. The van der Waals surface area contributed by atoms with Crippen molar-refractivity contribution in [1.82, 2.24) is 0 Å². The van der Waals surface area contributed by atoms with Crippen LogP contribution in [0.4, 0.5) is 5.69 Å². The van der Waals surface area contributed by atoms with Crippen molar-refractivity contribution >= 4 is 5.69 Å². The van der Waals surface area contributed by atoms with Crippen molar-refractivity contribution in [3.8, 4) is 5.75 Å². The van der Waals surface area contributed by atoms with Gasteiger partial charge in [0, 0.05) is 18.9 Å². The molecule has 3 heteroatoms. The van der Waals surface area contributed by atoms with Crippen LogP contribution in [0, 0.1) is 0 Å². The predicted octanol–water partition coefficient (Wildman–Crippen LogP) is 2.35. The summed E-state index contributed by atoms with van der Waals surface area (Å²) < 4.78 is 6.50. The number of benzene rings is 1. The molecule has 1 saturated heterocycles. The fourth-order valence-electron chi connectivity index (χ4n) is 2.39. The summed E-state index contributed by atoms with van der Waals surface area (Å²) in [7, 11) is 6.33. The quantitative estimate of drug-likeness (QED) is 0.812. The summed E-state index contributed by atoms with van der Waals surface area (Å²) in [5.41, 5.74) is 1.12. The highest BCUT2D eigenvalue weighted by atomic mass is 16.5. The lowest BCUT2D eigenvalue weighted by molar-refractivity contribution is -0.895. The summed E-state index contributed by atoms with van der Waals surface area (Å²) in [6, 6.07) is 8.73. The molecule has 0 bridgehead atoms. The lowest BCUT2D eigenvalue weighted by Crippen LogP contribution is -2.49. The first-order valence-electron chi connectivity index (χ1n) is 6.32. The summed E-state index contributed by atoms with van der Waals surface area (Å²) in [5.74, 6) is 0.937. The van der Waals surface area contributed by atoms with Gasteiger partial charge in [0.15, 0.2) is 0 Å². The van der Waals surface area contributed by atoms with Crippen molar-refractivity contribution in [2.45, 2.75) is 18.9 Å². The lowest BCUT2D eigenvalue weighted by atomic mass is 10.0. The molecule has 0 aliphatic carbocycles. The minimum Gasteiger partial charge on any atom is -0.495 e. The molecule has 0 saturated carbocycles. The van der Waals surface area contributed by atoms with Crippen molar-refractivity contribution in [1.29, 1.82) is 0 Å². The number of nitrogens with zero attached hydrogens (tertiary/aromatic N) is 1. The first-order chi connectivity index (χ1) is 8.11. The van der Waals surface area contributed by atoms with E-state index in [1.807, 2.05) is 18.2 Å². The number of para-hydroxylation sites is 2. The van der Waals surface area contributed by atoms with Crippen LogP contribution in [0.15, 0.2) is 24.3 Å². The molecule has 0 amide bonds. The zero-order chi connectivity index (χ0) is 12.3. The summed E-state index contributed by atoms with van der Waals surface area (Å²) in [5, 5.41) is 3.60. The Morgan fingerprint density at radius 3 is 2.47 bits per heavy atom. The van der Waals surface area contributed by atoms with Crippen LogP contribution in [-0.4, -0.2) is 44.8 Å². The van der Waals surface area contributed by atoms with E-state index in [0.29, 0.717) is 6.04 Å². The average molecular weight is 235 g/mol.